The molecule has 6 nitrogen and oxygen atoms in total. The van der Waals surface area contributed by atoms with Crippen molar-refractivity contribution in [2.24, 2.45) is 0 Å². The first-order valence-corrected chi connectivity index (χ1v) is 6.94. The average Bonchev–Trinajstić information content (AvgIpc) is 2.94. The number of H-pyrrole nitrogens is 1. The molecule has 0 spiro atoms. The molecule has 2 N–H and O–H groups in total. The highest BCUT2D eigenvalue weighted by atomic mass is 32.1. The number of nitrogens with zero attached hydrogens (tertiary/aromatic N) is 1. The fourth-order valence-electron chi connectivity index (χ4n) is 1.92. The molecule has 0 bridgehead atoms. The van der Waals surface area contributed by atoms with Crippen molar-refractivity contribution < 1.29 is 14.6 Å². The Morgan fingerprint density at radius 3 is 2.95 bits per heavy atom. The topological polar surface area (TPSA) is 92.3 Å². The fraction of sp³-hybridized carbons (Fsp3) is 0.0714. The molecule has 1 aromatic carbocycles. The van der Waals surface area contributed by atoms with E-state index < -0.39 is 5.97 Å². The maximum absolute atomic E-state index is 11.9. The highest BCUT2D eigenvalue weighted by Gasteiger charge is 2.13. The van der Waals surface area contributed by atoms with E-state index in [1.807, 2.05) is 0 Å². The molecule has 2 heterocycles. The number of aromatic amines is 1. The number of nitrogens with one attached hydrogen (secondary N) is 1. The van der Waals surface area contributed by atoms with E-state index in [9.17, 15) is 9.59 Å². The van der Waals surface area contributed by atoms with Crippen molar-refractivity contribution in [2.45, 2.75) is 6.61 Å². The molecule has 0 aliphatic carbocycles. The molecule has 0 saturated carbocycles. The largest absolute Gasteiger partial charge is 0.484 e. The van der Waals surface area contributed by atoms with Gasteiger partial charge >= 0.3 is 5.97 Å². The van der Waals surface area contributed by atoms with Crippen molar-refractivity contribution in [1.82, 2.24) is 9.97 Å². The first-order chi connectivity index (χ1) is 10.1. The summed E-state index contributed by atoms with van der Waals surface area (Å²) in [4.78, 5) is 29.9. The monoisotopic (exact) mass is 302 g/mol. The Hall–Kier alpha value is -2.67. The maximum atomic E-state index is 11.9. The number of para-hydroxylation sites is 1. The Labute approximate surface area is 122 Å². The zero-order valence-electron chi connectivity index (χ0n) is 10.7. The van der Waals surface area contributed by atoms with Gasteiger partial charge in [0.1, 0.15) is 18.2 Å². The molecule has 2 aromatic heterocycles. The normalized spacial score (nSPS) is 10.7. The van der Waals surface area contributed by atoms with Gasteiger partial charge in [0, 0.05) is 0 Å². The van der Waals surface area contributed by atoms with E-state index in [-0.39, 0.29) is 22.8 Å². The Bertz CT molecular complexity index is 869. The molecule has 7 heteroatoms. The van der Waals surface area contributed by atoms with Crippen molar-refractivity contribution in [1.29, 1.82) is 0 Å². The van der Waals surface area contributed by atoms with Crippen LogP contribution in [0.25, 0.3) is 10.9 Å². The molecule has 0 amide bonds. The molecule has 21 heavy (non-hydrogen) atoms. The van der Waals surface area contributed by atoms with Gasteiger partial charge in [0.2, 0.25) is 0 Å². The number of hydrogen-bond donors (Lipinski definition) is 2. The molecule has 0 aliphatic rings. The van der Waals surface area contributed by atoms with Crippen LogP contribution < -0.4 is 10.3 Å². The Balaban J connectivity index is 1.87. The summed E-state index contributed by atoms with van der Waals surface area (Å²) in [5.41, 5.74) is 0.326. The summed E-state index contributed by atoms with van der Waals surface area (Å²) in [6.07, 6.45) is 0. The Morgan fingerprint density at radius 1 is 1.33 bits per heavy atom. The SMILES string of the molecule is O=C(O)c1sccc1OCc1nc2ccccc2c(=O)[nH]1. The Morgan fingerprint density at radius 2 is 2.14 bits per heavy atom. The van der Waals surface area contributed by atoms with Gasteiger partial charge in [-0.1, -0.05) is 12.1 Å². The first-order valence-electron chi connectivity index (χ1n) is 6.06. The molecule has 0 saturated heterocycles. The summed E-state index contributed by atoms with van der Waals surface area (Å²) in [5, 5.41) is 11.1. The van der Waals surface area contributed by atoms with Gasteiger partial charge < -0.3 is 14.8 Å². The average molecular weight is 302 g/mol. The number of ether oxygens (including phenoxy) is 1. The molecule has 0 radical (unpaired) electrons. The summed E-state index contributed by atoms with van der Waals surface area (Å²) in [6.45, 7) is -0.00289. The minimum absolute atomic E-state index is 0.00289. The van der Waals surface area contributed by atoms with E-state index in [1.165, 1.54) is 0 Å². The lowest BCUT2D eigenvalue weighted by Crippen LogP contribution is -2.13. The van der Waals surface area contributed by atoms with Gasteiger partial charge in [-0.3, -0.25) is 4.79 Å². The van der Waals surface area contributed by atoms with Crippen LogP contribution in [-0.4, -0.2) is 21.0 Å². The lowest BCUT2D eigenvalue weighted by molar-refractivity contribution is 0.0697. The number of carboxylic acid groups (broad SMARTS) is 1. The first kappa shape index (κ1) is 13.3. The van der Waals surface area contributed by atoms with Crippen LogP contribution in [0, 0.1) is 0 Å². The zero-order valence-corrected chi connectivity index (χ0v) is 11.5. The second kappa shape index (κ2) is 5.37. The molecule has 3 aromatic rings. The predicted octanol–water partition coefficient (Wildman–Crippen LogP) is 2.26. The summed E-state index contributed by atoms with van der Waals surface area (Å²) < 4.78 is 5.43. The maximum Gasteiger partial charge on any atom is 0.349 e. The number of fused-ring (bicyclic) bond motifs is 1. The van der Waals surface area contributed by atoms with Crippen LogP contribution in [0.3, 0.4) is 0 Å². The third kappa shape index (κ3) is 2.63. The number of carbonyl (C=O) groups is 1. The third-order valence-corrected chi connectivity index (χ3v) is 3.73. The van der Waals surface area contributed by atoms with Crippen molar-refractivity contribution >= 4 is 28.2 Å². The molecule has 0 atom stereocenters. The van der Waals surface area contributed by atoms with E-state index in [0.29, 0.717) is 16.7 Å². The highest BCUT2D eigenvalue weighted by Crippen LogP contribution is 2.25. The van der Waals surface area contributed by atoms with Crippen LogP contribution >= 0.6 is 11.3 Å². The number of carboxylic acids is 1. The van der Waals surface area contributed by atoms with Gasteiger partial charge in [-0.2, -0.15) is 0 Å². The van der Waals surface area contributed by atoms with E-state index in [1.54, 1.807) is 35.7 Å². The molecular formula is C14H10N2O4S. The van der Waals surface area contributed by atoms with E-state index in [4.69, 9.17) is 9.84 Å². The summed E-state index contributed by atoms with van der Waals surface area (Å²) >= 11 is 1.08. The van der Waals surface area contributed by atoms with Crippen LogP contribution in [0.2, 0.25) is 0 Å². The molecule has 106 valence electrons. The number of aromatic carboxylic acids is 1. The minimum atomic E-state index is -1.04. The van der Waals surface area contributed by atoms with Crippen molar-refractivity contribution in [3.05, 3.63) is 56.8 Å². The number of hydrogen-bond acceptors (Lipinski definition) is 5. The number of benzene rings is 1. The molecule has 0 unspecified atom stereocenters. The second-order valence-electron chi connectivity index (χ2n) is 4.24. The van der Waals surface area contributed by atoms with Crippen molar-refractivity contribution in [3.8, 4) is 5.75 Å². The van der Waals surface area contributed by atoms with Crippen LogP contribution in [0.1, 0.15) is 15.5 Å². The summed E-state index contributed by atoms with van der Waals surface area (Å²) in [6, 6.07) is 8.56. The van der Waals surface area contributed by atoms with Gasteiger partial charge in [-0.25, -0.2) is 9.78 Å². The van der Waals surface area contributed by atoms with E-state index in [0.717, 1.165) is 11.3 Å². The molecule has 3 rings (SSSR count). The zero-order chi connectivity index (χ0) is 14.8. The van der Waals surface area contributed by atoms with E-state index >= 15 is 0 Å². The third-order valence-electron chi connectivity index (χ3n) is 2.85. The van der Waals surface area contributed by atoms with Crippen LogP contribution in [-0.2, 0) is 6.61 Å². The van der Waals surface area contributed by atoms with Gasteiger partial charge in [0.05, 0.1) is 10.9 Å². The molecule has 0 fully saturated rings. The lowest BCUT2D eigenvalue weighted by atomic mass is 10.2. The smallest absolute Gasteiger partial charge is 0.349 e. The van der Waals surface area contributed by atoms with Crippen LogP contribution in [0.4, 0.5) is 0 Å². The van der Waals surface area contributed by atoms with Gasteiger partial charge in [0.25, 0.3) is 5.56 Å². The highest BCUT2D eigenvalue weighted by molar-refractivity contribution is 7.12. The standard InChI is InChI=1S/C14H10N2O4S/c17-13-8-3-1-2-4-9(8)15-11(16-13)7-20-10-5-6-21-12(10)14(18)19/h1-6H,7H2,(H,18,19)(H,15,16,17). The van der Waals surface area contributed by atoms with E-state index in [2.05, 4.69) is 9.97 Å². The van der Waals surface area contributed by atoms with Gasteiger partial charge in [-0.15, -0.1) is 11.3 Å². The lowest BCUT2D eigenvalue weighted by Gasteiger charge is -2.05. The number of thiophene rings is 1. The van der Waals surface area contributed by atoms with Crippen molar-refractivity contribution in [3.63, 3.8) is 0 Å². The quantitative estimate of drug-likeness (QED) is 0.771. The second-order valence-corrected chi connectivity index (χ2v) is 5.15. The van der Waals surface area contributed by atoms with Crippen LogP contribution in [0.5, 0.6) is 5.75 Å². The van der Waals surface area contributed by atoms with Crippen LogP contribution in [0.15, 0.2) is 40.5 Å². The minimum Gasteiger partial charge on any atom is -0.484 e. The fourth-order valence-corrected chi connectivity index (χ4v) is 2.59. The molecule has 0 aliphatic heterocycles. The summed E-state index contributed by atoms with van der Waals surface area (Å²) in [7, 11) is 0. The Kier molecular flexibility index (Phi) is 3.41. The van der Waals surface area contributed by atoms with Crippen molar-refractivity contribution in [2.75, 3.05) is 0 Å². The molecular weight excluding hydrogens is 292 g/mol. The predicted molar refractivity (Wildman–Crippen MR) is 78.0 cm³/mol. The summed E-state index contributed by atoms with van der Waals surface area (Å²) in [5.74, 6) is -0.426. The van der Waals surface area contributed by atoms with Gasteiger partial charge in [-0.05, 0) is 23.6 Å². The number of rotatable bonds is 4. The number of aromatic nitrogens is 2. The van der Waals surface area contributed by atoms with Gasteiger partial charge in [0.15, 0.2) is 4.88 Å².